The smallest absolute Gasteiger partial charge is 0.130 e. The average Bonchev–Trinajstić information content (AvgIpc) is 2.46. The van der Waals surface area contributed by atoms with Crippen molar-refractivity contribution in [3.8, 4) is 11.1 Å². The van der Waals surface area contributed by atoms with E-state index in [0.717, 1.165) is 6.42 Å². The van der Waals surface area contributed by atoms with Gasteiger partial charge >= 0.3 is 0 Å². The van der Waals surface area contributed by atoms with Crippen molar-refractivity contribution in [2.24, 2.45) is 0 Å². The first-order valence-corrected chi connectivity index (χ1v) is 6.85. The molecule has 0 unspecified atom stereocenters. The Balaban J connectivity index is 2.20. The van der Waals surface area contributed by atoms with Crippen molar-refractivity contribution < 1.29 is 4.79 Å². The van der Waals surface area contributed by atoms with Crippen LogP contribution in [0.15, 0.2) is 54.6 Å². The molecule has 0 radical (unpaired) electrons. The van der Waals surface area contributed by atoms with Crippen LogP contribution in [-0.2, 0) is 4.79 Å². The molecule has 98 valence electrons. The van der Waals surface area contributed by atoms with Gasteiger partial charge in [0, 0.05) is 6.42 Å². The normalized spacial score (nSPS) is 12.1. The van der Waals surface area contributed by atoms with Crippen LogP contribution in [0.5, 0.6) is 0 Å². The van der Waals surface area contributed by atoms with E-state index < -0.39 is 0 Å². The third-order valence-electron chi connectivity index (χ3n) is 3.52. The summed E-state index contributed by atoms with van der Waals surface area (Å²) >= 11 is 0. The lowest BCUT2D eigenvalue weighted by Crippen LogP contribution is -2.03. The summed E-state index contributed by atoms with van der Waals surface area (Å²) in [7, 11) is 0. The molecule has 0 aromatic heterocycles. The van der Waals surface area contributed by atoms with Crippen molar-refractivity contribution in [3.05, 3.63) is 60.2 Å². The summed E-state index contributed by atoms with van der Waals surface area (Å²) in [6.07, 6.45) is 1.64. The number of ketones is 1. The molecule has 0 spiro atoms. The highest BCUT2D eigenvalue weighted by atomic mass is 16.1. The van der Waals surface area contributed by atoms with Crippen LogP contribution in [-0.4, -0.2) is 5.78 Å². The van der Waals surface area contributed by atoms with E-state index in [2.05, 4.69) is 43.3 Å². The maximum absolute atomic E-state index is 11.3. The molecule has 1 atom stereocenters. The summed E-state index contributed by atoms with van der Waals surface area (Å²) in [5, 5.41) is 0. The van der Waals surface area contributed by atoms with E-state index in [4.69, 9.17) is 0 Å². The fourth-order valence-corrected chi connectivity index (χ4v) is 2.42. The van der Waals surface area contributed by atoms with E-state index in [1.54, 1.807) is 6.92 Å². The van der Waals surface area contributed by atoms with Crippen molar-refractivity contribution >= 4 is 5.78 Å². The molecule has 0 fully saturated rings. The Morgan fingerprint density at radius 2 is 1.53 bits per heavy atom. The topological polar surface area (TPSA) is 17.1 Å². The van der Waals surface area contributed by atoms with Gasteiger partial charge in [0.1, 0.15) is 5.78 Å². The molecule has 0 aliphatic carbocycles. The van der Waals surface area contributed by atoms with Gasteiger partial charge in [-0.2, -0.15) is 0 Å². The van der Waals surface area contributed by atoms with Gasteiger partial charge < -0.3 is 4.79 Å². The van der Waals surface area contributed by atoms with E-state index in [9.17, 15) is 4.79 Å². The minimum absolute atomic E-state index is 0.263. The third-order valence-corrected chi connectivity index (χ3v) is 3.52. The highest BCUT2D eigenvalue weighted by Crippen LogP contribution is 2.26. The van der Waals surface area contributed by atoms with E-state index in [-0.39, 0.29) is 5.78 Å². The van der Waals surface area contributed by atoms with Gasteiger partial charge in [0.15, 0.2) is 0 Å². The number of hydrogen-bond acceptors (Lipinski definition) is 1. The Morgan fingerprint density at radius 3 is 2.05 bits per heavy atom. The quantitative estimate of drug-likeness (QED) is 0.745. The predicted octanol–water partition coefficient (Wildman–Crippen LogP) is 4.83. The van der Waals surface area contributed by atoms with Crippen molar-refractivity contribution in [1.29, 1.82) is 0 Å². The summed E-state index contributed by atoms with van der Waals surface area (Å²) in [6.45, 7) is 3.81. The number of Topliss-reactive ketones (excluding diaryl/α,β-unsaturated/α-hetero) is 1. The lowest BCUT2D eigenvalue weighted by molar-refractivity contribution is -0.117. The van der Waals surface area contributed by atoms with Crippen LogP contribution in [0.4, 0.5) is 0 Å². The largest absolute Gasteiger partial charge is 0.300 e. The van der Waals surface area contributed by atoms with Gasteiger partial charge in [0.25, 0.3) is 0 Å². The van der Waals surface area contributed by atoms with Crippen LogP contribution in [0.2, 0.25) is 0 Å². The van der Waals surface area contributed by atoms with E-state index in [1.165, 1.54) is 16.7 Å². The lowest BCUT2D eigenvalue weighted by Gasteiger charge is -2.14. The molecule has 0 amide bonds. The van der Waals surface area contributed by atoms with Crippen LogP contribution in [0, 0.1) is 0 Å². The zero-order valence-corrected chi connectivity index (χ0v) is 11.6. The molecule has 0 bridgehead atoms. The van der Waals surface area contributed by atoms with Gasteiger partial charge in [-0.25, -0.2) is 0 Å². The zero-order valence-electron chi connectivity index (χ0n) is 11.6. The van der Waals surface area contributed by atoms with Crippen molar-refractivity contribution in [1.82, 2.24) is 0 Å². The first-order chi connectivity index (χ1) is 9.20. The number of rotatable bonds is 5. The second-order valence-corrected chi connectivity index (χ2v) is 5.00. The summed E-state index contributed by atoms with van der Waals surface area (Å²) in [4.78, 5) is 11.3. The SMILES string of the molecule is CC[C@H](CC(C)=O)c1ccc(-c2ccccc2)cc1. The molecule has 1 heteroatoms. The average molecular weight is 252 g/mol. The fourth-order valence-electron chi connectivity index (χ4n) is 2.42. The number of carbonyl (C=O) groups is 1. The van der Waals surface area contributed by atoms with Gasteiger partial charge in [-0.1, -0.05) is 61.5 Å². The zero-order chi connectivity index (χ0) is 13.7. The molecule has 0 N–H and O–H groups in total. The Hall–Kier alpha value is -1.89. The van der Waals surface area contributed by atoms with Crippen molar-refractivity contribution in [3.63, 3.8) is 0 Å². The molecule has 0 heterocycles. The summed E-state index contributed by atoms with van der Waals surface area (Å²) in [5.74, 6) is 0.612. The van der Waals surface area contributed by atoms with Gasteiger partial charge in [-0.15, -0.1) is 0 Å². The Bertz CT molecular complexity index is 525. The van der Waals surface area contributed by atoms with E-state index >= 15 is 0 Å². The minimum atomic E-state index is 0.263. The van der Waals surface area contributed by atoms with Gasteiger partial charge in [-0.3, -0.25) is 0 Å². The molecule has 0 saturated heterocycles. The van der Waals surface area contributed by atoms with Crippen LogP contribution in [0.1, 0.15) is 38.2 Å². The van der Waals surface area contributed by atoms with E-state index in [0.29, 0.717) is 12.3 Å². The lowest BCUT2D eigenvalue weighted by atomic mass is 9.90. The molecule has 2 aromatic rings. The van der Waals surface area contributed by atoms with Crippen LogP contribution >= 0.6 is 0 Å². The molecular weight excluding hydrogens is 232 g/mol. The molecule has 0 aliphatic heterocycles. The monoisotopic (exact) mass is 252 g/mol. The van der Waals surface area contributed by atoms with Crippen LogP contribution < -0.4 is 0 Å². The maximum Gasteiger partial charge on any atom is 0.130 e. The highest BCUT2D eigenvalue weighted by molar-refractivity contribution is 5.76. The second kappa shape index (κ2) is 6.33. The number of benzene rings is 2. The highest BCUT2D eigenvalue weighted by Gasteiger charge is 2.11. The summed E-state index contributed by atoms with van der Waals surface area (Å²) < 4.78 is 0. The summed E-state index contributed by atoms with van der Waals surface area (Å²) in [6, 6.07) is 18.9. The molecule has 0 aliphatic rings. The van der Waals surface area contributed by atoms with Crippen LogP contribution in [0.3, 0.4) is 0 Å². The fraction of sp³-hybridized carbons (Fsp3) is 0.278. The standard InChI is InChI=1S/C18H20O/c1-3-15(13-14(2)19)17-9-11-18(12-10-17)16-7-5-4-6-8-16/h4-12,15H,3,13H2,1-2H3/t15-/m1/s1. The third kappa shape index (κ3) is 3.54. The predicted molar refractivity (Wildman–Crippen MR) is 80.2 cm³/mol. The first-order valence-electron chi connectivity index (χ1n) is 6.85. The molecule has 1 nitrogen and oxygen atoms in total. The number of carbonyl (C=O) groups excluding carboxylic acids is 1. The van der Waals surface area contributed by atoms with Crippen molar-refractivity contribution in [2.75, 3.05) is 0 Å². The minimum Gasteiger partial charge on any atom is -0.300 e. The molecule has 2 aromatic carbocycles. The van der Waals surface area contributed by atoms with E-state index in [1.807, 2.05) is 18.2 Å². The first kappa shape index (κ1) is 13.5. The summed E-state index contributed by atoms with van der Waals surface area (Å²) in [5.41, 5.74) is 3.72. The molecule has 19 heavy (non-hydrogen) atoms. The second-order valence-electron chi connectivity index (χ2n) is 5.00. The van der Waals surface area contributed by atoms with Gasteiger partial charge in [0.05, 0.1) is 0 Å². The molecule has 0 saturated carbocycles. The molecular formula is C18H20O. The van der Waals surface area contributed by atoms with Gasteiger partial charge in [-0.05, 0) is 36.0 Å². The Kier molecular flexibility index (Phi) is 4.51. The molecule has 2 rings (SSSR count). The maximum atomic E-state index is 11.3. The van der Waals surface area contributed by atoms with Gasteiger partial charge in [0.2, 0.25) is 0 Å². The Labute approximate surface area is 115 Å². The number of hydrogen-bond donors (Lipinski definition) is 0. The Morgan fingerprint density at radius 1 is 0.947 bits per heavy atom. The van der Waals surface area contributed by atoms with Crippen molar-refractivity contribution in [2.45, 2.75) is 32.6 Å². The van der Waals surface area contributed by atoms with Crippen LogP contribution in [0.25, 0.3) is 11.1 Å².